The van der Waals surface area contributed by atoms with Gasteiger partial charge in [-0.2, -0.15) is 4.98 Å². The predicted molar refractivity (Wildman–Crippen MR) is 105 cm³/mol. The summed E-state index contributed by atoms with van der Waals surface area (Å²) in [6.07, 6.45) is 2.54. The van der Waals surface area contributed by atoms with Gasteiger partial charge in [0.05, 0.1) is 17.6 Å². The molecule has 136 valence electrons. The largest absolute Gasteiger partial charge is 0.609 e. The number of aromatic amines is 1. The average molecular weight is 369 g/mol. The van der Waals surface area contributed by atoms with Crippen LogP contribution in [0.15, 0.2) is 47.6 Å². The lowest BCUT2D eigenvalue weighted by molar-refractivity contribution is 0.300. The molecule has 1 saturated carbocycles. The third kappa shape index (κ3) is 3.81. The number of para-hydroxylation sites is 1. The second-order valence-corrected chi connectivity index (χ2v) is 8.35. The Bertz CT molecular complexity index is 905. The first-order chi connectivity index (χ1) is 12.6. The molecule has 26 heavy (non-hydrogen) atoms. The number of benzene rings is 2. The van der Waals surface area contributed by atoms with E-state index in [4.69, 9.17) is 4.74 Å². The van der Waals surface area contributed by atoms with E-state index in [9.17, 15) is 4.55 Å². The molecule has 1 aromatic heterocycles. The summed E-state index contributed by atoms with van der Waals surface area (Å²) in [4.78, 5) is 9.75. The van der Waals surface area contributed by atoms with Crippen LogP contribution >= 0.6 is 0 Å². The van der Waals surface area contributed by atoms with Gasteiger partial charge in [-0.25, -0.2) is 0 Å². The highest BCUT2D eigenvalue weighted by molar-refractivity contribution is 7.90. The van der Waals surface area contributed by atoms with E-state index in [2.05, 4.69) is 9.97 Å². The number of fused-ring (bicyclic) bond motifs is 1. The van der Waals surface area contributed by atoms with Crippen LogP contribution in [0.2, 0.25) is 0 Å². The van der Waals surface area contributed by atoms with Crippen molar-refractivity contribution in [1.82, 2.24) is 9.97 Å². The first-order valence-electron chi connectivity index (χ1n) is 8.86. The molecule has 1 fully saturated rings. The summed E-state index contributed by atoms with van der Waals surface area (Å²) < 4.78 is 18.7. The Morgan fingerprint density at radius 1 is 1.23 bits per heavy atom. The van der Waals surface area contributed by atoms with Gasteiger partial charge in [-0.1, -0.05) is 18.2 Å². The summed E-state index contributed by atoms with van der Waals surface area (Å²) in [6.45, 7) is 0.778. The van der Waals surface area contributed by atoms with Crippen LogP contribution < -0.4 is 9.64 Å². The number of nitrogens with zero attached hydrogens (tertiary/aromatic N) is 2. The molecule has 1 heterocycles. The number of nitrogens with one attached hydrogen (secondary N) is 1. The summed E-state index contributed by atoms with van der Waals surface area (Å²) in [5, 5.41) is 0.507. The fourth-order valence-corrected chi connectivity index (χ4v) is 4.03. The number of H-pyrrole nitrogens is 1. The third-order valence-electron chi connectivity index (χ3n) is 4.59. The van der Waals surface area contributed by atoms with E-state index in [-0.39, 0.29) is 0 Å². The van der Waals surface area contributed by atoms with E-state index >= 15 is 0 Å². The molecule has 2 aromatic carbocycles. The smallest absolute Gasteiger partial charge is 0.321 e. The van der Waals surface area contributed by atoms with Gasteiger partial charge in [-0.15, -0.1) is 0 Å². The molecule has 0 saturated heterocycles. The van der Waals surface area contributed by atoms with Gasteiger partial charge < -0.3 is 14.2 Å². The van der Waals surface area contributed by atoms with Gasteiger partial charge in [0.1, 0.15) is 11.5 Å². The number of hydrogen-bond donors (Lipinski definition) is 1. The van der Waals surface area contributed by atoms with Gasteiger partial charge in [-0.3, -0.25) is 4.98 Å². The number of rotatable bonds is 7. The first kappa shape index (κ1) is 17.2. The molecule has 1 aliphatic rings. The average Bonchev–Trinajstić information content (AvgIpc) is 3.36. The molecule has 1 N–H and O–H groups in total. The Hall–Kier alpha value is -2.18. The Labute approximate surface area is 156 Å². The molecule has 1 aliphatic carbocycles. The molecule has 6 heteroatoms. The molecule has 0 amide bonds. The van der Waals surface area contributed by atoms with Gasteiger partial charge in [0.15, 0.2) is 0 Å². The van der Waals surface area contributed by atoms with Crippen LogP contribution in [0.1, 0.15) is 18.4 Å². The number of anilines is 1. The van der Waals surface area contributed by atoms with Crippen LogP contribution in [0, 0.1) is 5.92 Å². The molecule has 4 rings (SSSR count). The molecule has 0 aliphatic heterocycles. The van der Waals surface area contributed by atoms with Crippen molar-refractivity contribution in [1.29, 1.82) is 0 Å². The van der Waals surface area contributed by atoms with Gasteiger partial charge in [0, 0.05) is 42.6 Å². The standard InChI is InChI=1S/C20H23N3O2S/c1-23(2)19-6-4-3-5-15(19)13-26(24)20-21-17-10-9-16(11-18(17)22-20)25-12-14-7-8-14/h3-6,9-11,14H,7-8,12-13H2,1-2H3,(H,21,22). The van der Waals surface area contributed by atoms with Crippen LogP contribution in [-0.4, -0.2) is 35.2 Å². The number of imidazole rings is 1. The first-order valence-corrected chi connectivity index (χ1v) is 10.2. The van der Waals surface area contributed by atoms with Crippen molar-refractivity contribution >= 4 is 27.9 Å². The number of ether oxygens (including phenoxy) is 1. The van der Waals surface area contributed by atoms with E-state index in [0.29, 0.717) is 16.8 Å². The molecular weight excluding hydrogens is 346 g/mol. The molecule has 1 atom stereocenters. The Kier molecular flexibility index (Phi) is 4.78. The minimum absolute atomic E-state index is 0.430. The molecular formula is C20H23N3O2S. The van der Waals surface area contributed by atoms with E-state index in [1.54, 1.807) is 0 Å². The maximum Gasteiger partial charge on any atom is 0.321 e. The molecule has 3 aromatic rings. The third-order valence-corrected chi connectivity index (χ3v) is 5.79. The highest BCUT2D eigenvalue weighted by Crippen LogP contribution is 2.30. The van der Waals surface area contributed by atoms with Crippen LogP contribution in [0.3, 0.4) is 0 Å². The van der Waals surface area contributed by atoms with E-state index in [1.165, 1.54) is 12.8 Å². The van der Waals surface area contributed by atoms with Crippen molar-refractivity contribution < 1.29 is 9.29 Å². The van der Waals surface area contributed by atoms with E-state index < -0.39 is 11.2 Å². The summed E-state index contributed by atoms with van der Waals surface area (Å²) in [5.41, 5.74) is 3.80. The van der Waals surface area contributed by atoms with Gasteiger partial charge in [-0.05, 0) is 37.0 Å². The fraction of sp³-hybridized carbons (Fsp3) is 0.350. The molecule has 1 unspecified atom stereocenters. The Morgan fingerprint density at radius 3 is 2.81 bits per heavy atom. The molecule has 5 nitrogen and oxygen atoms in total. The summed E-state index contributed by atoms with van der Waals surface area (Å²) in [6, 6.07) is 13.8. The van der Waals surface area contributed by atoms with Crippen molar-refractivity contribution in [2.24, 2.45) is 5.92 Å². The lowest BCUT2D eigenvalue weighted by Gasteiger charge is -2.17. The van der Waals surface area contributed by atoms with Gasteiger partial charge in [0.2, 0.25) is 0 Å². The Balaban J connectivity index is 1.52. The normalized spacial score (nSPS) is 15.2. The van der Waals surface area contributed by atoms with Crippen molar-refractivity contribution in [3.8, 4) is 5.75 Å². The van der Waals surface area contributed by atoms with Crippen LogP contribution in [0.25, 0.3) is 11.0 Å². The highest BCUT2D eigenvalue weighted by atomic mass is 32.2. The summed E-state index contributed by atoms with van der Waals surface area (Å²) in [7, 11) is 3.98. The number of aromatic nitrogens is 2. The minimum Gasteiger partial charge on any atom is -0.609 e. The second-order valence-electron chi connectivity index (χ2n) is 6.99. The molecule has 0 spiro atoms. The van der Waals surface area contributed by atoms with Gasteiger partial charge >= 0.3 is 5.16 Å². The summed E-state index contributed by atoms with van der Waals surface area (Å²) >= 11 is -1.24. The Morgan fingerprint density at radius 2 is 2.04 bits per heavy atom. The highest BCUT2D eigenvalue weighted by Gasteiger charge is 2.22. The van der Waals surface area contributed by atoms with Crippen LogP contribution in [-0.2, 0) is 16.9 Å². The minimum atomic E-state index is -1.24. The van der Waals surface area contributed by atoms with Gasteiger partial charge in [0.25, 0.3) is 0 Å². The monoisotopic (exact) mass is 369 g/mol. The maximum absolute atomic E-state index is 12.8. The summed E-state index contributed by atoms with van der Waals surface area (Å²) in [5.74, 6) is 1.98. The topological polar surface area (TPSA) is 64.2 Å². The zero-order valence-electron chi connectivity index (χ0n) is 15.1. The quantitative estimate of drug-likeness (QED) is 0.645. The second kappa shape index (κ2) is 7.21. The van der Waals surface area contributed by atoms with E-state index in [0.717, 1.165) is 34.6 Å². The lowest BCUT2D eigenvalue weighted by atomic mass is 10.2. The maximum atomic E-state index is 12.8. The lowest BCUT2D eigenvalue weighted by Crippen LogP contribution is -2.14. The fourth-order valence-electron chi connectivity index (χ4n) is 2.94. The van der Waals surface area contributed by atoms with Crippen molar-refractivity contribution in [2.45, 2.75) is 23.8 Å². The van der Waals surface area contributed by atoms with Crippen molar-refractivity contribution in [2.75, 3.05) is 25.6 Å². The van der Waals surface area contributed by atoms with Crippen molar-refractivity contribution in [3.63, 3.8) is 0 Å². The SMILES string of the molecule is CN(C)c1ccccc1C[S+]([O-])c1nc2ccc(OCC3CC3)cc2[nH]1. The molecule has 0 bridgehead atoms. The van der Waals surface area contributed by atoms with Crippen LogP contribution in [0.5, 0.6) is 5.75 Å². The number of hydrogen-bond acceptors (Lipinski definition) is 4. The van der Waals surface area contributed by atoms with Crippen LogP contribution in [0.4, 0.5) is 5.69 Å². The van der Waals surface area contributed by atoms with E-state index in [1.807, 2.05) is 61.5 Å². The van der Waals surface area contributed by atoms with Crippen molar-refractivity contribution in [3.05, 3.63) is 48.0 Å². The zero-order valence-corrected chi connectivity index (χ0v) is 15.9. The predicted octanol–water partition coefficient (Wildman–Crippen LogP) is 3.73. The zero-order chi connectivity index (χ0) is 18.1. The molecule has 0 radical (unpaired) electrons.